The fourth-order valence-electron chi connectivity index (χ4n) is 1.82. The van der Waals surface area contributed by atoms with E-state index in [-0.39, 0.29) is 5.91 Å². The molecule has 1 amide bonds. The Morgan fingerprint density at radius 2 is 2.10 bits per heavy atom. The van der Waals surface area contributed by atoms with Crippen LogP contribution in [-0.2, 0) is 9.53 Å². The number of rotatable bonds is 8. The molecule has 0 saturated heterocycles. The zero-order chi connectivity index (χ0) is 15.7. The van der Waals surface area contributed by atoms with E-state index in [0.717, 1.165) is 24.5 Å². The number of carbonyl (C=O) groups is 2. The molecule has 0 atom stereocenters. The van der Waals surface area contributed by atoms with Crippen molar-refractivity contribution in [2.24, 2.45) is 0 Å². The monoisotopic (exact) mass is 291 g/mol. The van der Waals surface area contributed by atoms with Crippen LogP contribution in [0.3, 0.4) is 0 Å². The fourth-order valence-corrected chi connectivity index (χ4v) is 1.82. The second-order valence-corrected chi connectivity index (χ2v) is 4.70. The first-order chi connectivity index (χ1) is 10.0. The Balaban J connectivity index is 2.65. The molecule has 0 fully saturated rings. The second-order valence-electron chi connectivity index (χ2n) is 4.70. The third-order valence-electron chi connectivity index (χ3n) is 2.99. The molecule has 0 heterocycles. The Morgan fingerprint density at radius 3 is 2.76 bits per heavy atom. The van der Waals surface area contributed by atoms with E-state index in [9.17, 15) is 9.59 Å². The number of nitrogens with one attached hydrogen (secondary N) is 1. The summed E-state index contributed by atoms with van der Waals surface area (Å²) in [4.78, 5) is 22.6. The van der Waals surface area contributed by atoms with Crippen molar-refractivity contribution in [2.75, 3.05) is 20.3 Å². The van der Waals surface area contributed by atoms with Crippen LogP contribution in [0.1, 0.15) is 34.3 Å². The number of unbranched alkanes of at least 4 members (excludes halogenated alkanes) is 1. The van der Waals surface area contributed by atoms with Gasteiger partial charge >= 0.3 is 5.97 Å². The quantitative estimate of drug-likeness (QED) is 0.569. The minimum atomic E-state index is -1.01. The van der Waals surface area contributed by atoms with Gasteiger partial charge in [0, 0.05) is 31.9 Å². The normalized spacial score (nSPS) is 10.8. The molecule has 0 unspecified atom stereocenters. The standard InChI is InChI=1S/C16H21NO4/c1-12-5-6-13(7-8-15(18)19)11-14(12)16(20)17-9-3-4-10-21-2/h5-8,11H,3-4,9-10H2,1-2H3,(H,17,20)(H,18,19). The highest BCUT2D eigenvalue weighted by Crippen LogP contribution is 2.12. The lowest BCUT2D eigenvalue weighted by molar-refractivity contribution is -0.131. The number of hydrogen-bond donors (Lipinski definition) is 2. The molecule has 0 spiro atoms. The molecular formula is C16H21NO4. The van der Waals surface area contributed by atoms with Crippen molar-refractivity contribution in [2.45, 2.75) is 19.8 Å². The van der Waals surface area contributed by atoms with Crippen molar-refractivity contribution in [1.29, 1.82) is 0 Å². The Morgan fingerprint density at radius 1 is 1.33 bits per heavy atom. The number of amides is 1. The molecule has 5 nitrogen and oxygen atoms in total. The Labute approximate surface area is 124 Å². The van der Waals surface area contributed by atoms with Crippen molar-refractivity contribution >= 4 is 18.0 Å². The number of hydrogen-bond acceptors (Lipinski definition) is 3. The lowest BCUT2D eigenvalue weighted by atomic mass is 10.0. The van der Waals surface area contributed by atoms with Crippen LogP contribution < -0.4 is 5.32 Å². The number of aliphatic carboxylic acids is 1. The van der Waals surface area contributed by atoms with Crippen LogP contribution in [0.2, 0.25) is 0 Å². The zero-order valence-corrected chi connectivity index (χ0v) is 12.4. The molecule has 21 heavy (non-hydrogen) atoms. The maximum Gasteiger partial charge on any atom is 0.328 e. The lowest BCUT2D eigenvalue weighted by Crippen LogP contribution is -2.25. The molecule has 114 valence electrons. The molecule has 5 heteroatoms. The number of ether oxygens (including phenoxy) is 1. The number of benzene rings is 1. The molecule has 1 rings (SSSR count). The Bertz CT molecular complexity index is 523. The van der Waals surface area contributed by atoms with Crippen molar-refractivity contribution in [3.8, 4) is 0 Å². The van der Waals surface area contributed by atoms with Gasteiger partial charge in [0.2, 0.25) is 0 Å². The molecule has 0 aliphatic carbocycles. The maximum atomic E-state index is 12.1. The minimum absolute atomic E-state index is 0.143. The first-order valence-corrected chi connectivity index (χ1v) is 6.83. The van der Waals surface area contributed by atoms with E-state index in [4.69, 9.17) is 9.84 Å². The first kappa shape index (κ1) is 16.9. The van der Waals surface area contributed by atoms with E-state index in [1.165, 1.54) is 6.08 Å². The van der Waals surface area contributed by atoms with Crippen LogP contribution in [0.15, 0.2) is 24.3 Å². The van der Waals surface area contributed by atoms with Gasteiger partial charge in [-0.25, -0.2) is 4.79 Å². The Kier molecular flexibility index (Phi) is 7.18. The van der Waals surface area contributed by atoms with Crippen molar-refractivity contribution in [3.05, 3.63) is 41.0 Å². The predicted molar refractivity (Wildman–Crippen MR) is 81.3 cm³/mol. The van der Waals surface area contributed by atoms with Crippen LogP contribution in [0, 0.1) is 6.92 Å². The molecule has 0 radical (unpaired) electrons. The highest BCUT2D eigenvalue weighted by Gasteiger charge is 2.08. The van der Waals surface area contributed by atoms with E-state index in [2.05, 4.69) is 5.32 Å². The van der Waals surface area contributed by atoms with Crippen LogP contribution >= 0.6 is 0 Å². The number of carboxylic acids is 1. The average Bonchev–Trinajstić information content (AvgIpc) is 2.45. The molecule has 0 aromatic heterocycles. The fraction of sp³-hybridized carbons (Fsp3) is 0.375. The summed E-state index contributed by atoms with van der Waals surface area (Å²) < 4.78 is 4.95. The molecule has 1 aromatic rings. The van der Waals surface area contributed by atoms with Gasteiger partial charge in [-0.15, -0.1) is 0 Å². The number of carbonyl (C=O) groups excluding carboxylic acids is 1. The summed E-state index contributed by atoms with van der Waals surface area (Å²) in [5, 5.41) is 11.5. The predicted octanol–water partition coefficient (Wildman–Crippen LogP) is 2.25. The topological polar surface area (TPSA) is 75.6 Å². The van der Waals surface area contributed by atoms with Gasteiger partial charge < -0.3 is 15.2 Å². The molecule has 2 N–H and O–H groups in total. The highest BCUT2D eigenvalue weighted by atomic mass is 16.5. The van der Waals surface area contributed by atoms with E-state index in [1.54, 1.807) is 25.3 Å². The number of methoxy groups -OCH3 is 1. The summed E-state index contributed by atoms with van der Waals surface area (Å²) in [6, 6.07) is 5.28. The number of carboxylic acid groups (broad SMARTS) is 1. The summed E-state index contributed by atoms with van der Waals surface area (Å²) in [6.07, 6.45) is 4.28. The minimum Gasteiger partial charge on any atom is -0.478 e. The van der Waals surface area contributed by atoms with Gasteiger partial charge in [-0.1, -0.05) is 12.1 Å². The van der Waals surface area contributed by atoms with Crippen LogP contribution in [0.4, 0.5) is 0 Å². The van der Waals surface area contributed by atoms with Gasteiger partial charge in [0.1, 0.15) is 0 Å². The summed E-state index contributed by atoms with van der Waals surface area (Å²) >= 11 is 0. The lowest BCUT2D eigenvalue weighted by Gasteiger charge is -2.08. The molecule has 0 aliphatic rings. The smallest absolute Gasteiger partial charge is 0.328 e. The molecule has 0 bridgehead atoms. The van der Waals surface area contributed by atoms with Crippen LogP contribution in [-0.4, -0.2) is 37.2 Å². The third kappa shape index (κ3) is 6.23. The van der Waals surface area contributed by atoms with Gasteiger partial charge in [-0.2, -0.15) is 0 Å². The van der Waals surface area contributed by atoms with Crippen molar-refractivity contribution < 1.29 is 19.4 Å². The van der Waals surface area contributed by atoms with Gasteiger partial charge in [0.05, 0.1) is 0 Å². The first-order valence-electron chi connectivity index (χ1n) is 6.83. The van der Waals surface area contributed by atoms with Crippen LogP contribution in [0.25, 0.3) is 6.08 Å². The summed E-state index contributed by atoms with van der Waals surface area (Å²) in [5.74, 6) is -1.16. The molecule has 0 saturated carbocycles. The maximum absolute atomic E-state index is 12.1. The largest absolute Gasteiger partial charge is 0.478 e. The van der Waals surface area contributed by atoms with Gasteiger partial charge in [0.15, 0.2) is 0 Å². The SMILES string of the molecule is COCCCCNC(=O)c1cc(C=CC(=O)O)ccc1C. The van der Waals surface area contributed by atoms with E-state index >= 15 is 0 Å². The van der Waals surface area contributed by atoms with Crippen molar-refractivity contribution in [1.82, 2.24) is 5.32 Å². The molecule has 0 aliphatic heterocycles. The number of aryl methyl sites for hydroxylation is 1. The van der Waals surface area contributed by atoms with Gasteiger partial charge in [-0.05, 0) is 43.0 Å². The molecule has 1 aromatic carbocycles. The zero-order valence-electron chi connectivity index (χ0n) is 12.4. The van der Waals surface area contributed by atoms with Gasteiger partial charge in [0.25, 0.3) is 5.91 Å². The van der Waals surface area contributed by atoms with E-state index in [1.807, 2.05) is 6.92 Å². The van der Waals surface area contributed by atoms with Crippen LogP contribution in [0.5, 0.6) is 0 Å². The summed E-state index contributed by atoms with van der Waals surface area (Å²) in [5.41, 5.74) is 2.11. The third-order valence-corrected chi connectivity index (χ3v) is 2.99. The Hall–Kier alpha value is -2.14. The second kappa shape index (κ2) is 8.92. The average molecular weight is 291 g/mol. The van der Waals surface area contributed by atoms with Gasteiger partial charge in [-0.3, -0.25) is 4.79 Å². The van der Waals surface area contributed by atoms with Crippen molar-refractivity contribution in [3.63, 3.8) is 0 Å². The van der Waals surface area contributed by atoms with E-state index < -0.39 is 5.97 Å². The highest BCUT2D eigenvalue weighted by molar-refractivity contribution is 5.96. The van der Waals surface area contributed by atoms with E-state index in [0.29, 0.717) is 24.3 Å². The molecular weight excluding hydrogens is 270 g/mol. The summed E-state index contributed by atoms with van der Waals surface area (Å²) in [7, 11) is 1.65. The summed E-state index contributed by atoms with van der Waals surface area (Å²) in [6.45, 7) is 3.13.